The van der Waals surface area contributed by atoms with E-state index in [2.05, 4.69) is 0 Å². The van der Waals surface area contributed by atoms with Crippen LogP contribution in [0, 0.1) is 0 Å². The minimum atomic E-state index is 0.0867. The molecule has 0 saturated carbocycles. The second-order valence-electron chi connectivity index (χ2n) is 0.281. The Morgan fingerprint density at radius 2 is 2.25 bits per heavy atom. The van der Waals surface area contributed by atoms with Crippen LogP contribution in [-0.4, -0.2) is 4.61 Å². The third-order valence-corrected chi connectivity index (χ3v) is 1.37. The van der Waals surface area contributed by atoms with E-state index in [4.69, 9.17) is 9.69 Å². The van der Waals surface area contributed by atoms with Gasteiger partial charge in [0.15, 0.2) is 0 Å². The van der Waals surface area contributed by atoms with Gasteiger partial charge in [0.2, 0.25) is 0 Å². The van der Waals surface area contributed by atoms with Gasteiger partial charge >= 0.3 is 36.9 Å². The summed E-state index contributed by atoms with van der Waals surface area (Å²) in [7, 11) is 5.22. The molecule has 0 unspecified atom stereocenters. The predicted molar refractivity (Wildman–Crippen MR) is 17.6 cm³/mol. The van der Waals surface area contributed by atoms with Crippen LogP contribution in [0.25, 0.3) is 0 Å². The molecule has 0 aromatic heterocycles. The van der Waals surface area contributed by atoms with Crippen LogP contribution in [-0.2, 0) is 15.7 Å². The summed E-state index contributed by atoms with van der Waals surface area (Å²) in [5.41, 5.74) is 0. The van der Waals surface area contributed by atoms with Crippen molar-refractivity contribution < 1.29 is 15.7 Å². The van der Waals surface area contributed by atoms with Gasteiger partial charge in [-0.1, -0.05) is 0 Å². The molecule has 0 heterocycles. The van der Waals surface area contributed by atoms with Crippen molar-refractivity contribution in [3.05, 3.63) is 0 Å². The van der Waals surface area contributed by atoms with E-state index in [0.717, 1.165) is 0 Å². The Balaban J connectivity index is 2.55. The molecule has 0 spiro atoms. The van der Waals surface area contributed by atoms with Crippen LogP contribution in [0.3, 0.4) is 0 Å². The van der Waals surface area contributed by atoms with Gasteiger partial charge in [-0.25, -0.2) is 0 Å². The fourth-order valence-corrected chi connectivity index (χ4v) is 0. The van der Waals surface area contributed by atoms with Gasteiger partial charge in [-0.15, -0.1) is 0 Å². The molecule has 0 saturated heterocycles. The topological polar surface area (TPSA) is 0 Å². The quantitative estimate of drug-likeness (QED) is 0.470. The molecular formula is C2H4ClRu. The van der Waals surface area contributed by atoms with Gasteiger partial charge in [0.1, 0.15) is 0 Å². The van der Waals surface area contributed by atoms with Crippen molar-refractivity contribution in [1.82, 2.24) is 0 Å². The SMILES string of the molecule is C[CH]=[Ru][Cl]. The van der Waals surface area contributed by atoms with Crippen molar-refractivity contribution >= 4 is 14.3 Å². The zero-order valence-electron chi connectivity index (χ0n) is 2.31. The Bertz CT molecular complexity index is 21.2. The molecule has 0 amide bonds. The molecule has 0 aromatic carbocycles. The average molecular weight is 165 g/mol. The van der Waals surface area contributed by atoms with Crippen LogP contribution in [0.1, 0.15) is 6.92 Å². The molecule has 2 heteroatoms. The second-order valence-corrected chi connectivity index (χ2v) is 2.58. The van der Waals surface area contributed by atoms with Crippen molar-refractivity contribution in [2.45, 2.75) is 6.92 Å². The molecule has 0 nitrogen and oxygen atoms in total. The Morgan fingerprint density at radius 1 is 2.00 bits per heavy atom. The zero-order valence-corrected chi connectivity index (χ0v) is 4.80. The van der Waals surface area contributed by atoms with E-state index in [1.807, 2.05) is 11.5 Å². The minimum absolute atomic E-state index is 0.0867. The molecule has 0 rings (SSSR count). The first-order valence-electron chi connectivity index (χ1n) is 0.915. The molecule has 0 radical (unpaired) electrons. The maximum atomic E-state index is 5.22. The number of rotatable bonds is 0. The summed E-state index contributed by atoms with van der Waals surface area (Å²) in [6.07, 6.45) is 0. The van der Waals surface area contributed by atoms with E-state index in [0.29, 0.717) is 0 Å². The summed E-state index contributed by atoms with van der Waals surface area (Å²) >= 11 is 0.0867. The van der Waals surface area contributed by atoms with Crippen molar-refractivity contribution in [2.24, 2.45) is 0 Å². The van der Waals surface area contributed by atoms with Crippen LogP contribution >= 0.6 is 9.69 Å². The Hall–Kier alpha value is 0.783. The Labute approximate surface area is 37.3 Å². The first-order chi connectivity index (χ1) is 1.91. The van der Waals surface area contributed by atoms with Gasteiger partial charge in [-0.2, -0.15) is 0 Å². The van der Waals surface area contributed by atoms with Gasteiger partial charge in [0, 0.05) is 0 Å². The fourth-order valence-electron chi connectivity index (χ4n) is 0. The summed E-state index contributed by atoms with van der Waals surface area (Å²) in [5.74, 6) is 0. The predicted octanol–water partition coefficient (Wildman–Crippen LogP) is 1.04. The first-order valence-corrected chi connectivity index (χ1v) is 4.16. The molecule has 0 aliphatic heterocycles. The van der Waals surface area contributed by atoms with Crippen molar-refractivity contribution in [3.63, 3.8) is 0 Å². The number of halogens is 1. The third-order valence-electron chi connectivity index (χ3n) is 0.0772. The number of hydrogen-bond donors (Lipinski definition) is 0. The van der Waals surface area contributed by atoms with E-state index < -0.39 is 0 Å². The van der Waals surface area contributed by atoms with Crippen molar-refractivity contribution in [2.75, 3.05) is 0 Å². The zero-order chi connectivity index (χ0) is 3.41. The maximum absolute atomic E-state index is 5.22. The normalized spacial score (nSPS) is 11.5. The van der Waals surface area contributed by atoms with Crippen LogP contribution < -0.4 is 0 Å². The average Bonchev–Trinajstić information content (AvgIpc) is 1.37. The van der Waals surface area contributed by atoms with Crippen LogP contribution in [0.5, 0.6) is 0 Å². The molecule has 4 heavy (non-hydrogen) atoms. The van der Waals surface area contributed by atoms with Gasteiger partial charge in [0.05, 0.1) is 0 Å². The number of hydrogen-bond acceptors (Lipinski definition) is 0. The molecule has 0 aromatic rings. The van der Waals surface area contributed by atoms with E-state index in [9.17, 15) is 0 Å². The monoisotopic (exact) mass is 165 g/mol. The molecule has 0 aliphatic rings. The summed E-state index contributed by atoms with van der Waals surface area (Å²) in [6, 6.07) is 0. The van der Waals surface area contributed by atoms with E-state index in [1.165, 1.54) is 0 Å². The molecular weight excluding hydrogens is 161 g/mol. The molecule has 0 atom stereocenters. The third kappa shape index (κ3) is 2.78. The van der Waals surface area contributed by atoms with Crippen molar-refractivity contribution in [1.29, 1.82) is 0 Å². The van der Waals surface area contributed by atoms with E-state index >= 15 is 0 Å². The molecule has 0 aliphatic carbocycles. The van der Waals surface area contributed by atoms with E-state index in [1.54, 1.807) is 0 Å². The van der Waals surface area contributed by atoms with E-state index in [-0.39, 0.29) is 15.7 Å². The fraction of sp³-hybridized carbons (Fsp3) is 0.500. The van der Waals surface area contributed by atoms with Gasteiger partial charge in [0.25, 0.3) is 0 Å². The molecule has 0 bridgehead atoms. The van der Waals surface area contributed by atoms with Gasteiger partial charge < -0.3 is 0 Å². The molecule has 0 N–H and O–H groups in total. The van der Waals surface area contributed by atoms with Crippen LogP contribution in [0.2, 0.25) is 0 Å². The van der Waals surface area contributed by atoms with Crippen LogP contribution in [0.15, 0.2) is 0 Å². The Morgan fingerprint density at radius 3 is 2.25 bits per heavy atom. The second kappa shape index (κ2) is 3.78. The first kappa shape index (κ1) is 4.78. The van der Waals surface area contributed by atoms with Crippen LogP contribution in [0.4, 0.5) is 0 Å². The molecule has 0 fully saturated rings. The summed E-state index contributed by atoms with van der Waals surface area (Å²) in [6.45, 7) is 1.96. The summed E-state index contributed by atoms with van der Waals surface area (Å²) in [5, 5.41) is 0. The van der Waals surface area contributed by atoms with Gasteiger partial charge in [-0.3, -0.25) is 0 Å². The standard InChI is InChI=1S/C2H4.ClH.Ru/c1-2;;/h1H,2H3;1H;/q;;+1/p-1. The summed E-state index contributed by atoms with van der Waals surface area (Å²) in [4.78, 5) is 0. The van der Waals surface area contributed by atoms with Crippen molar-refractivity contribution in [3.8, 4) is 0 Å². The Kier molecular flexibility index (Phi) is 4.52. The summed E-state index contributed by atoms with van der Waals surface area (Å²) < 4.78 is 1.98. The molecule has 27 valence electrons. The van der Waals surface area contributed by atoms with Gasteiger partial charge in [-0.05, 0) is 0 Å².